The number of nitrogens with zero attached hydrogens (tertiary/aromatic N) is 1. The zero-order valence-corrected chi connectivity index (χ0v) is 14.4. The number of carbonyl (C=O) groups excluding carboxylic acids is 1. The molecule has 0 spiro atoms. The summed E-state index contributed by atoms with van der Waals surface area (Å²) in [6.45, 7) is 0.984. The third kappa shape index (κ3) is 3.32. The van der Waals surface area contributed by atoms with Crippen LogP contribution in [0.3, 0.4) is 0 Å². The number of piperidine rings is 1. The lowest BCUT2D eigenvalue weighted by molar-refractivity contribution is -0.218. The molecule has 0 aliphatic carbocycles. The van der Waals surface area contributed by atoms with Crippen molar-refractivity contribution in [2.45, 2.75) is 24.8 Å². The molecule has 3 rings (SSSR count). The molecule has 1 amide bonds. The third-order valence-electron chi connectivity index (χ3n) is 4.53. The molecule has 2 aliphatic rings. The van der Waals surface area contributed by atoms with Gasteiger partial charge in [0, 0.05) is 29.0 Å². The largest absolute Gasteiger partial charge is 0.471 e. The van der Waals surface area contributed by atoms with E-state index in [1.807, 2.05) is 24.3 Å². The first-order chi connectivity index (χ1) is 11.3. The molecule has 0 unspecified atom stereocenters. The van der Waals surface area contributed by atoms with Crippen molar-refractivity contribution in [1.82, 2.24) is 4.90 Å². The van der Waals surface area contributed by atoms with E-state index in [-0.39, 0.29) is 19.0 Å². The maximum Gasteiger partial charge on any atom is 0.471 e. The molecule has 0 atom stereocenters. The van der Waals surface area contributed by atoms with Crippen LogP contribution in [0.4, 0.5) is 13.2 Å². The molecule has 132 valence electrons. The number of hydrogen-bond donors (Lipinski definition) is 0. The van der Waals surface area contributed by atoms with E-state index in [2.05, 4.69) is 15.9 Å². The fourth-order valence-corrected chi connectivity index (χ4v) is 3.65. The number of amides is 1. The Morgan fingerprint density at radius 2 is 1.67 bits per heavy atom. The van der Waals surface area contributed by atoms with E-state index in [1.54, 1.807) is 0 Å². The molecular weight excluding hydrogens is 391 g/mol. The van der Waals surface area contributed by atoms with Gasteiger partial charge in [-0.1, -0.05) is 28.1 Å². The van der Waals surface area contributed by atoms with Crippen molar-refractivity contribution in [2.24, 2.45) is 5.92 Å². The zero-order chi connectivity index (χ0) is 17.4. The maximum absolute atomic E-state index is 12.6. The summed E-state index contributed by atoms with van der Waals surface area (Å²) in [6.07, 6.45) is -4.02. The van der Waals surface area contributed by atoms with Gasteiger partial charge in [0.1, 0.15) is 0 Å². The van der Waals surface area contributed by atoms with Gasteiger partial charge in [0.2, 0.25) is 0 Å². The fraction of sp³-hybridized carbons (Fsp3) is 0.562. The normalized spacial score (nSPS) is 21.9. The SMILES string of the molecule is O=C(N1CCC(C2(c3ccc(Br)cc3)OCCO2)CC1)C(F)(F)F. The summed E-state index contributed by atoms with van der Waals surface area (Å²) in [4.78, 5) is 12.2. The molecule has 0 aromatic heterocycles. The average molecular weight is 408 g/mol. The van der Waals surface area contributed by atoms with Crippen LogP contribution >= 0.6 is 15.9 Å². The molecule has 2 aliphatic heterocycles. The second kappa shape index (κ2) is 6.65. The minimum absolute atomic E-state index is 0.0496. The summed E-state index contributed by atoms with van der Waals surface area (Å²) >= 11 is 3.38. The predicted molar refractivity (Wildman–Crippen MR) is 83.1 cm³/mol. The van der Waals surface area contributed by atoms with Gasteiger partial charge < -0.3 is 14.4 Å². The summed E-state index contributed by atoms with van der Waals surface area (Å²) in [6, 6.07) is 7.54. The van der Waals surface area contributed by atoms with Gasteiger partial charge in [-0.3, -0.25) is 4.79 Å². The number of hydrogen-bond acceptors (Lipinski definition) is 3. The zero-order valence-electron chi connectivity index (χ0n) is 12.8. The number of alkyl halides is 3. The average Bonchev–Trinajstić information content (AvgIpc) is 3.05. The summed E-state index contributed by atoms with van der Waals surface area (Å²) < 4.78 is 50.4. The topological polar surface area (TPSA) is 38.8 Å². The molecular formula is C16H17BrF3NO3. The molecule has 2 saturated heterocycles. The third-order valence-corrected chi connectivity index (χ3v) is 5.05. The van der Waals surface area contributed by atoms with E-state index in [0.29, 0.717) is 26.1 Å². The first-order valence-electron chi connectivity index (χ1n) is 7.73. The van der Waals surface area contributed by atoms with Crippen molar-refractivity contribution in [2.75, 3.05) is 26.3 Å². The molecule has 2 heterocycles. The van der Waals surface area contributed by atoms with Crippen LogP contribution in [0.1, 0.15) is 18.4 Å². The van der Waals surface area contributed by atoms with Crippen LogP contribution < -0.4 is 0 Å². The lowest BCUT2D eigenvalue weighted by Gasteiger charge is -2.41. The van der Waals surface area contributed by atoms with E-state index in [0.717, 1.165) is 14.9 Å². The van der Waals surface area contributed by atoms with Gasteiger partial charge in [0.05, 0.1) is 13.2 Å². The van der Waals surface area contributed by atoms with Crippen molar-refractivity contribution in [3.8, 4) is 0 Å². The highest BCUT2D eigenvalue weighted by Gasteiger charge is 2.49. The quantitative estimate of drug-likeness (QED) is 0.753. The Hall–Kier alpha value is -1.12. The molecule has 24 heavy (non-hydrogen) atoms. The monoisotopic (exact) mass is 407 g/mol. The van der Waals surface area contributed by atoms with Crippen LogP contribution in [0.15, 0.2) is 28.7 Å². The number of carbonyl (C=O) groups is 1. The van der Waals surface area contributed by atoms with Gasteiger partial charge in [0.15, 0.2) is 5.79 Å². The molecule has 4 nitrogen and oxygen atoms in total. The van der Waals surface area contributed by atoms with Gasteiger partial charge in [-0.05, 0) is 25.0 Å². The molecule has 0 saturated carbocycles. The molecule has 1 aromatic carbocycles. The first-order valence-corrected chi connectivity index (χ1v) is 8.52. The van der Waals surface area contributed by atoms with E-state index >= 15 is 0 Å². The van der Waals surface area contributed by atoms with Crippen LogP contribution in [-0.2, 0) is 20.1 Å². The van der Waals surface area contributed by atoms with Crippen molar-refractivity contribution >= 4 is 21.8 Å². The van der Waals surface area contributed by atoms with Crippen molar-refractivity contribution in [1.29, 1.82) is 0 Å². The maximum atomic E-state index is 12.6. The van der Waals surface area contributed by atoms with Gasteiger partial charge in [-0.2, -0.15) is 13.2 Å². The summed E-state index contributed by atoms with van der Waals surface area (Å²) in [5, 5.41) is 0. The Bertz CT molecular complexity index is 592. The molecule has 0 N–H and O–H groups in total. The molecule has 2 fully saturated rings. The number of likely N-dealkylation sites (tertiary alicyclic amines) is 1. The minimum atomic E-state index is -4.82. The van der Waals surface area contributed by atoms with E-state index < -0.39 is 17.9 Å². The van der Waals surface area contributed by atoms with Crippen LogP contribution in [0.5, 0.6) is 0 Å². The standard InChI is InChI=1S/C16H17BrF3NO3/c17-13-3-1-11(2-4-13)15(23-9-10-24-15)12-5-7-21(8-6-12)14(22)16(18,19)20/h1-4,12H,5-10H2. The minimum Gasteiger partial charge on any atom is -0.343 e. The molecule has 0 radical (unpaired) electrons. The Morgan fingerprint density at radius 1 is 1.12 bits per heavy atom. The Morgan fingerprint density at radius 3 is 2.17 bits per heavy atom. The Balaban J connectivity index is 1.75. The first kappa shape index (κ1) is 17.7. The summed E-state index contributed by atoms with van der Waals surface area (Å²) in [5.41, 5.74) is 0.851. The second-order valence-corrected chi connectivity index (χ2v) is 6.85. The lowest BCUT2D eigenvalue weighted by Crippen LogP contribution is -2.49. The van der Waals surface area contributed by atoms with Crippen LogP contribution in [0, 0.1) is 5.92 Å². The van der Waals surface area contributed by atoms with E-state index in [9.17, 15) is 18.0 Å². The summed E-state index contributed by atoms with van der Waals surface area (Å²) in [5.74, 6) is -2.81. The highest BCUT2D eigenvalue weighted by Crippen LogP contribution is 2.44. The van der Waals surface area contributed by atoms with Gasteiger partial charge in [0.25, 0.3) is 0 Å². The van der Waals surface area contributed by atoms with Crippen LogP contribution in [0.2, 0.25) is 0 Å². The number of halogens is 4. The molecule has 8 heteroatoms. The molecule has 0 bridgehead atoms. The highest BCUT2D eigenvalue weighted by atomic mass is 79.9. The second-order valence-electron chi connectivity index (χ2n) is 5.94. The lowest BCUT2D eigenvalue weighted by atomic mass is 9.84. The van der Waals surface area contributed by atoms with E-state index in [1.165, 1.54) is 0 Å². The van der Waals surface area contributed by atoms with Gasteiger partial charge in [-0.15, -0.1) is 0 Å². The van der Waals surface area contributed by atoms with Crippen LogP contribution in [-0.4, -0.2) is 43.3 Å². The van der Waals surface area contributed by atoms with Crippen molar-refractivity contribution in [3.05, 3.63) is 34.3 Å². The van der Waals surface area contributed by atoms with E-state index in [4.69, 9.17) is 9.47 Å². The van der Waals surface area contributed by atoms with Crippen LogP contribution in [0.25, 0.3) is 0 Å². The van der Waals surface area contributed by atoms with Gasteiger partial charge >= 0.3 is 12.1 Å². The highest BCUT2D eigenvalue weighted by molar-refractivity contribution is 9.10. The molecule has 1 aromatic rings. The number of rotatable bonds is 2. The Kier molecular flexibility index (Phi) is 4.90. The van der Waals surface area contributed by atoms with Crippen molar-refractivity contribution in [3.63, 3.8) is 0 Å². The smallest absolute Gasteiger partial charge is 0.343 e. The van der Waals surface area contributed by atoms with Crippen molar-refractivity contribution < 1.29 is 27.4 Å². The summed E-state index contributed by atoms with van der Waals surface area (Å²) in [7, 11) is 0. The number of ether oxygens (including phenoxy) is 2. The Labute approximate surface area is 146 Å². The van der Waals surface area contributed by atoms with Gasteiger partial charge in [-0.25, -0.2) is 0 Å². The fourth-order valence-electron chi connectivity index (χ4n) is 3.39. The number of benzene rings is 1. The predicted octanol–water partition coefficient (Wildman–Crippen LogP) is 3.45.